The highest BCUT2D eigenvalue weighted by molar-refractivity contribution is 9.10. The number of nitrogens with one attached hydrogen (secondary N) is 1. The van der Waals surface area contributed by atoms with Crippen molar-refractivity contribution in [2.75, 3.05) is 16.9 Å². The van der Waals surface area contributed by atoms with Crippen molar-refractivity contribution in [3.63, 3.8) is 0 Å². The molecule has 2 aromatic carbocycles. The summed E-state index contributed by atoms with van der Waals surface area (Å²) in [7, 11) is 0. The summed E-state index contributed by atoms with van der Waals surface area (Å²) < 4.78 is 2.17. The number of anilines is 1. The Balaban J connectivity index is 1.67. The number of amides is 1. The quantitative estimate of drug-likeness (QED) is 0.449. The van der Waals surface area contributed by atoms with Crippen LogP contribution >= 0.6 is 39.3 Å². The van der Waals surface area contributed by atoms with Gasteiger partial charge in [-0.1, -0.05) is 41.6 Å². The maximum absolute atomic E-state index is 12.2. The van der Waals surface area contributed by atoms with Gasteiger partial charge in [0.15, 0.2) is 5.82 Å². The molecule has 1 amide bonds. The molecular weight excluding hydrogens is 438 g/mol. The number of nitrogens with two attached hydrogens (primary N) is 1. The first-order valence-electron chi connectivity index (χ1n) is 7.60. The Labute approximate surface area is 168 Å². The Morgan fingerprint density at radius 2 is 2.08 bits per heavy atom. The number of hydrogen-bond acceptors (Lipinski definition) is 5. The predicted octanol–water partition coefficient (Wildman–Crippen LogP) is 4.11. The third kappa shape index (κ3) is 4.20. The minimum Gasteiger partial charge on any atom is -0.335 e. The van der Waals surface area contributed by atoms with E-state index in [-0.39, 0.29) is 11.7 Å². The Kier molecular flexibility index (Phi) is 5.85. The number of nitrogen functional groups attached to an aromatic ring is 1. The van der Waals surface area contributed by atoms with Crippen molar-refractivity contribution in [3.8, 4) is 11.4 Å². The Morgan fingerprint density at radius 1 is 1.31 bits per heavy atom. The summed E-state index contributed by atoms with van der Waals surface area (Å²) in [5, 5.41) is 11.9. The van der Waals surface area contributed by atoms with Crippen molar-refractivity contribution >= 4 is 50.9 Å². The van der Waals surface area contributed by atoms with Gasteiger partial charge in [-0.3, -0.25) is 4.79 Å². The SMILES string of the molecule is Cc1ccc(NC(=O)CSc2nnc(-c3ccccc3Cl)n2N)c(Br)c1. The molecule has 1 heterocycles. The fraction of sp³-hybridized carbons (Fsp3) is 0.118. The van der Waals surface area contributed by atoms with Crippen molar-refractivity contribution in [3.05, 3.63) is 57.5 Å². The van der Waals surface area contributed by atoms with Crippen LogP contribution in [-0.4, -0.2) is 26.5 Å². The summed E-state index contributed by atoms with van der Waals surface area (Å²) in [6, 6.07) is 13.0. The molecule has 0 radical (unpaired) electrons. The van der Waals surface area contributed by atoms with E-state index >= 15 is 0 Å². The molecule has 0 aliphatic carbocycles. The number of thioether (sulfide) groups is 1. The van der Waals surface area contributed by atoms with Crippen LogP contribution < -0.4 is 11.2 Å². The zero-order valence-electron chi connectivity index (χ0n) is 13.7. The monoisotopic (exact) mass is 451 g/mol. The minimum atomic E-state index is -0.165. The van der Waals surface area contributed by atoms with E-state index in [2.05, 4.69) is 31.4 Å². The summed E-state index contributed by atoms with van der Waals surface area (Å²) in [5.74, 6) is 6.49. The molecule has 6 nitrogen and oxygen atoms in total. The van der Waals surface area contributed by atoms with E-state index < -0.39 is 0 Å². The van der Waals surface area contributed by atoms with Crippen molar-refractivity contribution in [2.45, 2.75) is 12.1 Å². The lowest BCUT2D eigenvalue weighted by Gasteiger charge is -2.08. The molecule has 0 fully saturated rings. The van der Waals surface area contributed by atoms with Crippen LogP contribution in [0, 0.1) is 6.92 Å². The molecule has 0 aliphatic heterocycles. The number of rotatable bonds is 5. The molecule has 1 aromatic heterocycles. The first kappa shape index (κ1) is 18.8. The van der Waals surface area contributed by atoms with Gasteiger partial charge in [-0.05, 0) is 52.7 Å². The summed E-state index contributed by atoms with van der Waals surface area (Å²) in [4.78, 5) is 12.2. The molecule has 3 N–H and O–H groups in total. The van der Waals surface area contributed by atoms with Gasteiger partial charge in [0.2, 0.25) is 11.1 Å². The smallest absolute Gasteiger partial charge is 0.234 e. The number of aromatic nitrogens is 3. The van der Waals surface area contributed by atoms with E-state index in [1.54, 1.807) is 6.07 Å². The van der Waals surface area contributed by atoms with Crippen LogP contribution in [0.4, 0.5) is 5.69 Å². The summed E-state index contributed by atoms with van der Waals surface area (Å²) in [6.45, 7) is 1.98. The van der Waals surface area contributed by atoms with Crippen LogP contribution in [0.1, 0.15) is 5.56 Å². The van der Waals surface area contributed by atoms with E-state index in [4.69, 9.17) is 17.4 Å². The van der Waals surface area contributed by atoms with Gasteiger partial charge in [0.05, 0.1) is 16.5 Å². The maximum atomic E-state index is 12.2. The Morgan fingerprint density at radius 3 is 2.81 bits per heavy atom. The van der Waals surface area contributed by atoms with Gasteiger partial charge < -0.3 is 11.2 Å². The lowest BCUT2D eigenvalue weighted by atomic mass is 10.2. The molecule has 3 rings (SSSR count). The van der Waals surface area contributed by atoms with Crippen LogP contribution in [0.15, 0.2) is 52.1 Å². The second kappa shape index (κ2) is 8.11. The molecule has 0 saturated heterocycles. The number of halogens is 2. The first-order chi connectivity index (χ1) is 12.5. The van der Waals surface area contributed by atoms with E-state index in [0.29, 0.717) is 27.3 Å². The number of carbonyl (C=O) groups is 1. The molecule has 0 aliphatic rings. The normalized spacial score (nSPS) is 10.7. The summed E-state index contributed by atoms with van der Waals surface area (Å²) >= 11 is 10.8. The summed E-state index contributed by atoms with van der Waals surface area (Å²) in [5.41, 5.74) is 2.50. The second-order valence-electron chi connectivity index (χ2n) is 5.48. The van der Waals surface area contributed by atoms with Gasteiger partial charge in [-0.2, -0.15) is 0 Å². The van der Waals surface area contributed by atoms with Gasteiger partial charge in [0, 0.05) is 10.0 Å². The second-order valence-corrected chi connectivity index (χ2v) is 7.68. The molecule has 9 heteroatoms. The van der Waals surface area contributed by atoms with Crippen LogP contribution in [0.25, 0.3) is 11.4 Å². The predicted molar refractivity (Wildman–Crippen MR) is 109 cm³/mol. The zero-order chi connectivity index (χ0) is 18.7. The zero-order valence-corrected chi connectivity index (χ0v) is 16.9. The fourth-order valence-electron chi connectivity index (χ4n) is 2.24. The minimum absolute atomic E-state index is 0.151. The fourth-order valence-corrected chi connectivity index (χ4v) is 3.71. The Hall–Kier alpha value is -2.03. The number of aryl methyl sites for hydroxylation is 1. The van der Waals surface area contributed by atoms with E-state index in [0.717, 1.165) is 10.0 Å². The van der Waals surface area contributed by atoms with Crippen LogP contribution in [0.2, 0.25) is 5.02 Å². The van der Waals surface area contributed by atoms with E-state index in [9.17, 15) is 4.79 Å². The number of carbonyl (C=O) groups excluding carboxylic acids is 1. The highest BCUT2D eigenvalue weighted by Gasteiger charge is 2.16. The van der Waals surface area contributed by atoms with Crippen molar-refractivity contribution in [2.24, 2.45) is 0 Å². The van der Waals surface area contributed by atoms with Crippen LogP contribution in [0.3, 0.4) is 0 Å². The molecule has 134 valence electrons. The van der Waals surface area contributed by atoms with Gasteiger partial charge in [0.25, 0.3) is 0 Å². The third-order valence-electron chi connectivity index (χ3n) is 3.51. The molecule has 0 unspecified atom stereocenters. The van der Waals surface area contributed by atoms with Gasteiger partial charge >= 0.3 is 0 Å². The highest BCUT2D eigenvalue weighted by atomic mass is 79.9. The largest absolute Gasteiger partial charge is 0.335 e. The number of hydrogen-bond donors (Lipinski definition) is 2. The van der Waals surface area contributed by atoms with Crippen LogP contribution in [0.5, 0.6) is 0 Å². The molecule has 0 saturated carbocycles. The lowest BCUT2D eigenvalue weighted by molar-refractivity contribution is -0.113. The van der Waals surface area contributed by atoms with Crippen molar-refractivity contribution in [1.29, 1.82) is 0 Å². The van der Waals surface area contributed by atoms with Gasteiger partial charge in [-0.25, -0.2) is 4.68 Å². The highest BCUT2D eigenvalue weighted by Crippen LogP contribution is 2.28. The number of nitrogens with zero attached hydrogens (tertiary/aromatic N) is 3. The van der Waals surface area contributed by atoms with E-state index in [1.165, 1.54) is 16.4 Å². The van der Waals surface area contributed by atoms with Crippen molar-refractivity contribution in [1.82, 2.24) is 14.9 Å². The molecular formula is C17H15BrClN5OS. The average molecular weight is 453 g/mol. The maximum Gasteiger partial charge on any atom is 0.234 e. The topological polar surface area (TPSA) is 85.8 Å². The molecule has 0 spiro atoms. The number of benzene rings is 2. The van der Waals surface area contributed by atoms with Crippen molar-refractivity contribution < 1.29 is 4.79 Å². The first-order valence-corrected chi connectivity index (χ1v) is 9.75. The molecule has 0 atom stereocenters. The van der Waals surface area contributed by atoms with Gasteiger partial charge in [0.1, 0.15) is 0 Å². The third-order valence-corrected chi connectivity index (χ3v) is 5.44. The molecule has 0 bridgehead atoms. The van der Waals surface area contributed by atoms with Crippen LogP contribution in [-0.2, 0) is 4.79 Å². The lowest BCUT2D eigenvalue weighted by Crippen LogP contribution is -2.16. The average Bonchev–Trinajstić information content (AvgIpc) is 2.97. The van der Waals surface area contributed by atoms with E-state index in [1.807, 2.05) is 43.3 Å². The Bertz CT molecular complexity index is 962. The molecule has 3 aromatic rings. The molecule has 26 heavy (non-hydrogen) atoms. The standard InChI is InChI=1S/C17H15BrClN5OS/c1-10-6-7-14(12(18)8-10)21-15(25)9-26-17-23-22-16(24(17)20)11-4-2-3-5-13(11)19/h2-8H,9,20H2,1H3,(H,21,25). The van der Waals surface area contributed by atoms with Gasteiger partial charge in [-0.15, -0.1) is 10.2 Å². The summed E-state index contributed by atoms with van der Waals surface area (Å²) in [6.07, 6.45) is 0.